The second-order valence-electron chi connectivity index (χ2n) is 7.65. The van der Waals surface area contributed by atoms with Crippen LogP contribution in [0.25, 0.3) is 0 Å². The molecule has 31 heavy (non-hydrogen) atoms. The molecule has 0 saturated carbocycles. The molecular formula is C26H26N2O2S. The van der Waals surface area contributed by atoms with Gasteiger partial charge >= 0.3 is 6.09 Å². The molecule has 158 valence electrons. The molecule has 1 fully saturated rings. The molecule has 0 unspecified atom stereocenters. The van der Waals surface area contributed by atoms with Crippen LogP contribution in [0.15, 0.2) is 91.0 Å². The summed E-state index contributed by atoms with van der Waals surface area (Å²) < 4.78 is 5.34. The smallest absolute Gasteiger partial charge is 0.407 e. The van der Waals surface area contributed by atoms with Gasteiger partial charge in [-0.3, -0.25) is 0 Å². The third-order valence-corrected chi connectivity index (χ3v) is 5.99. The fourth-order valence-electron chi connectivity index (χ4n) is 4.18. The first-order valence-electron chi connectivity index (χ1n) is 10.6. The Balaban J connectivity index is 1.43. The van der Waals surface area contributed by atoms with Crippen LogP contribution in [0, 0.1) is 0 Å². The lowest BCUT2D eigenvalue weighted by Gasteiger charge is -2.33. The lowest BCUT2D eigenvalue weighted by molar-refractivity contribution is 0.140. The van der Waals surface area contributed by atoms with Gasteiger partial charge in [-0.15, -0.1) is 0 Å². The molecule has 0 spiro atoms. The molecule has 1 amide bonds. The van der Waals surface area contributed by atoms with Crippen LogP contribution in [0.4, 0.5) is 4.79 Å². The molecule has 0 aromatic heterocycles. The van der Waals surface area contributed by atoms with Crippen LogP contribution in [0.1, 0.15) is 41.6 Å². The van der Waals surface area contributed by atoms with E-state index >= 15 is 0 Å². The normalized spacial score (nSPS) is 17.9. The Hall–Kier alpha value is -3.18. The third kappa shape index (κ3) is 5.30. The molecule has 1 N–H and O–H groups in total. The fourth-order valence-corrected chi connectivity index (χ4v) is 4.50. The Morgan fingerprint density at radius 2 is 1.32 bits per heavy atom. The van der Waals surface area contributed by atoms with Crippen LogP contribution < -0.4 is 5.32 Å². The molecule has 2 atom stereocenters. The number of alkyl carbamates (subject to hydrolysis) is 1. The summed E-state index contributed by atoms with van der Waals surface area (Å²) in [5.41, 5.74) is 3.44. The van der Waals surface area contributed by atoms with Crippen LogP contribution >= 0.6 is 12.2 Å². The number of thiocarbonyl (C=S) groups is 1. The van der Waals surface area contributed by atoms with Crippen molar-refractivity contribution in [3.05, 3.63) is 108 Å². The first kappa shape index (κ1) is 21.1. The van der Waals surface area contributed by atoms with Crippen molar-refractivity contribution in [3.8, 4) is 0 Å². The first-order chi connectivity index (χ1) is 15.2. The van der Waals surface area contributed by atoms with Gasteiger partial charge < -0.3 is 15.0 Å². The highest BCUT2D eigenvalue weighted by Crippen LogP contribution is 2.44. The first-order valence-corrected chi connectivity index (χ1v) is 11.0. The van der Waals surface area contributed by atoms with E-state index in [2.05, 4.69) is 58.7 Å². The van der Waals surface area contributed by atoms with Gasteiger partial charge in [-0.1, -0.05) is 103 Å². The van der Waals surface area contributed by atoms with E-state index in [1.54, 1.807) is 0 Å². The summed E-state index contributed by atoms with van der Waals surface area (Å²) in [6.45, 7) is 0.512. The van der Waals surface area contributed by atoms with Crippen LogP contribution in [0.5, 0.6) is 0 Å². The van der Waals surface area contributed by atoms with Crippen LogP contribution in [-0.2, 0) is 11.3 Å². The number of hydrogen-bond donors (Lipinski definition) is 1. The van der Waals surface area contributed by atoms with E-state index in [1.165, 1.54) is 11.1 Å². The highest BCUT2D eigenvalue weighted by molar-refractivity contribution is 7.80. The minimum atomic E-state index is -0.460. The average molecular weight is 431 g/mol. The molecule has 0 bridgehead atoms. The zero-order valence-corrected chi connectivity index (χ0v) is 18.1. The van der Waals surface area contributed by atoms with Gasteiger partial charge in [0.05, 0.1) is 23.6 Å². The Kier molecular flexibility index (Phi) is 6.95. The van der Waals surface area contributed by atoms with Crippen molar-refractivity contribution in [3.63, 3.8) is 0 Å². The van der Waals surface area contributed by atoms with Crippen molar-refractivity contribution < 1.29 is 9.53 Å². The number of benzene rings is 3. The molecular weight excluding hydrogens is 404 g/mol. The summed E-state index contributed by atoms with van der Waals surface area (Å²) >= 11 is 5.82. The molecule has 1 heterocycles. The molecule has 0 aliphatic carbocycles. The minimum absolute atomic E-state index is 0.195. The van der Waals surface area contributed by atoms with Gasteiger partial charge in [0.2, 0.25) is 0 Å². The Morgan fingerprint density at radius 3 is 1.84 bits per heavy atom. The van der Waals surface area contributed by atoms with E-state index in [1.807, 2.05) is 42.5 Å². The summed E-state index contributed by atoms with van der Waals surface area (Å²) in [4.78, 5) is 15.2. The van der Waals surface area contributed by atoms with Crippen LogP contribution in [0.2, 0.25) is 0 Å². The van der Waals surface area contributed by atoms with E-state index in [-0.39, 0.29) is 25.2 Å². The van der Waals surface area contributed by atoms with Crippen molar-refractivity contribution in [2.45, 2.75) is 31.5 Å². The summed E-state index contributed by atoms with van der Waals surface area (Å²) in [7, 11) is 0. The highest BCUT2D eigenvalue weighted by atomic mass is 32.1. The summed E-state index contributed by atoms with van der Waals surface area (Å²) in [5.74, 6) is 0. The van der Waals surface area contributed by atoms with Gasteiger partial charge in [0.25, 0.3) is 0 Å². The maximum atomic E-state index is 12.2. The molecule has 1 aliphatic heterocycles. The molecule has 3 aromatic rings. The Labute approximate surface area is 188 Å². The second-order valence-corrected chi connectivity index (χ2v) is 8.12. The van der Waals surface area contributed by atoms with Crippen molar-refractivity contribution in [1.82, 2.24) is 10.2 Å². The third-order valence-electron chi connectivity index (χ3n) is 5.64. The SMILES string of the molecule is O=C(NCC(=S)N1[C@H](c2ccccc2)CC[C@H]1c1ccccc1)OCc1ccccc1. The van der Waals surface area contributed by atoms with Gasteiger partial charge in [-0.25, -0.2) is 4.79 Å². The number of carbonyl (C=O) groups is 1. The summed E-state index contributed by atoms with van der Waals surface area (Å²) in [6.07, 6.45) is 1.57. The zero-order chi connectivity index (χ0) is 21.5. The molecule has 1 saturated heterocycles. The van der Waals surface area contributed by atoms with Crippen molar-refractivity contribution in [2.24, 2.45) is 0 Å². The number of amides is 1. The maximum absolute atomic E-state index is 12.2. The maximum Gasteiger partial charge on any atom is 0.407 e. The van der Waals surface area contributed by atoms with E-state index < -0.39 is 6.09 Å². The standard InChI is InChI=1S/C26H26N2O2S/c29-26(30-19-20-10-4-1-5-11-20)27-18-25(31)28-23(21-12-6-2-7-13-21)16-17-24(28)22-14-8-3-9-15-22/h1-15,23-24H,16-19H2,(H,27,29)/t23-,24-/m0/s1. The van der Waals surface area contributed by atoms with Crippen LogP contribution in [0.3, 0.4) is 0 Å². The van der Waals surface area contributed by atoms with Gasteiger partial charge in [-0.05, 0) is 29.5 Å². The number of carbonyl (C=O) groups excluding carboxylic acids is 1. The van der Waals surface area contributed by atoms with Gasteiger partial charge in [0.15, 0.2) is 0 Å². The van der Waals surface area contributed by atoms with Gasteiger partial charge in [0, 0.05) is 0 Å². The molecule has 4 nitrogen and oxygen atoms in total. The minimum Gasteiger partial charge on any atom is -0.445 e. The number of nitrogens with zero attached hydrogens (tertiary/aromatic N) is 1. The fraction of sp³-hybridized carbons (Fsp3) is 0.231. The number of ether oxygens (including phenoxy) is 1. The van der Waals surface area contributed by atoms with Crippen LogP contribution in [-0.4, -0.2) is 22.5 Å². The van der Waals surface area contributed by atoms with E-state index in [0.29, 0.717) is 0 Å². The Morgan fingerprint density at radius 1 is 0.839 bits per heavy atom. The quantitative estimate of drug-likeness (QED) is 0.501. The van der Waals surface area contributed by atoms with E-state index in [4.69, 9.17) is 17.0 Å². The summed E-state index contributed by atoms with van der Waals surface area (Å²) in [5, 5.41) is 2.83. The predicted molar refractivity (Wildman–Crippen MR) is 127 cm³/mol. The highest BCUT2D eigenvalue weighted by Gasteiger charge is 2.36. The molecule has 4 rings (SSSR count). The number of hydrogen-bond acceptors (Lipinski definition) is 3. The topological polar surface area (TPSA) is 41.6 Å². The van der Waals surface area contributed by atoms with Crippen molar-refractivity contribution >= 4 is 23.3 Å². The second kappa shape index (κ2) is 10.2. The van der Waals surface area contributed by atoms with Gasteiger partial charge in [-0.2, -0.15) is 0 Å². The Bertz CT molecular complexity index is 948. The lowest BCUT2D eigenvalue weighted by atomic mass is 10.0. The molecule has 5 heteroatoms. The number of rotatable bonds is 6. The monoisotopic (exact) mass is 430 g/mol. The molecule has 3 aromatic carbocycles. The lowest BCUT2D eigenvalue weighted by Crippen LogP contribution is -2.40. The zero-order valence-electron chi connectivity index (χ0n) is 17.3. The summed E-state index contributed by atoms with van der Waals surface area (Å²) in [6, 6.07) is 30.9. The van der Waals surface area contributed by atoms with Crippen molar-refractivity contribution in [1.29, 1.82) is 0 Å². The van der Waals surface area contributed by atoms with Crippen molar-refractivity contribution in [2.75, 3.05) is 6.54 Å². The van der Waals surface area contributed by atoms with E-state index in [9.17, 15) is 4.79 Å². The number of nitrogens with one attached hydrogen (secondary N) is 1. The predicted octanol–water partition coefficient (Wildman–Crippen LogP) is 5.82. The molecule has 0 radical (unpaired) electrons. The molecule has 1 aliphatic rings. The number of likely N-dealkylation sites (tertiary alicyclic amines) is 1. The van der Waals surface area contributed by atoms with Gasteiger partial charge in [0.1, 0.15) is 6.61 Å². The average Bonchev–Trinajstić information content (AvgIpc) is 3.28. The van der Waals surface area contributed by atoms with E-state index in [0.717, 1.165) is 23.4 Å². The largest absolute Gasteiger partial charge is 0.445 e.